The Morgan fingerprint density at radius 1 is 1.78 bits per heavy atom. The molecule has 1 N–H and O–H groups in total. The lowest BCUT2D eigenvalue weighted by Gasteiger charge is -2.00. The zero-order chi connectivity index (χ0) is 7.28. The summed E-state index contributed by atoms with van der Waals surface area (Å²) >= 11 is 0. The number of amides is 1. The molecule has 0 saturated heterocycles. The van der Waals surface area contributed by atoms with E-state index in [0.717, 1.165) is 5.57 Å². The van der Waals surface area contributed by atoms with Crippen molar-refractivity contribution in [1.82, 2.24) is 5.32 Å². The number of ether oxygens (including phenoxy) is 1. The third kappa shape index (κ3) is 4.87. The predicted molar refractivity (Wildman–Crippen MR) is 35.2 cm³/mol. The lowest BCUT2D eigenvalue weighted by Crippen LogP contribution is -2.19. The number of nitrogens with one attached hydrogen (secondary N) is 1. The number of rotatable bonds is 2. The van der Waals surface area contributed by atoms with Gasteiger partial charge in [-0.05, 0) is 12.5 Å². The lowest BCUT2D eigenvalue weighted by molar-refractivity contribution is 0.158. The summed E-state index contributed by atoms with van der Waals surface area (Å²) in [5, 5.41) is 2.32. The Hall–Kier alpha value is -0.990. The van der Waals surface area contributed by atoms with E-state index in [4.69, 9.17) is 0 Å². The van der Waals surface area contributed by atoms with Crippen LogP contribution in [0.2, 0.25) is 0 Å². The smallest absolute Gasteiger partial charge is 0.407 e. The zero-order valence-corrected chi connectivity index (χ0v) is 5.73. The predicted octanol–water partition coefficient (Wildman–Crippen LogP) is 0.919. The summed E-state index contributed by atoms with van der Waals surface area (Å²) in [7, 11) is 1.51. The summed E-state index contributed by atoms with van der Waals surface area (Å²) in [5.74, 6) is 0. The standard InChI is InChI=1S/C6H11NO2/c1-5(2)4-9-6(8)7-3/h1,4H2,2-3H3,(H,7,8). The average Bonchev–Trinajstić information content (AvgIpc) is 1.83. The summed E-state index contributed by atoms with van der Waals surface area (Å²) < 4.78 is 4.60. The van der Waals surface area contributed by atoms with E-state index in [1.807, 2.05) is 0 Å². The number of alkyl carbamates (subject to hydrolysis) is 1. The molecular weight excluding hydrogens is 118 g/mol. The fourth-order valence-corrected chi connectivity index (χ4v) is 0.261. The van der Waals surface area contributed by atoms with E-state index >= 15 is 0 Å². The first kappa shape index (κ1) is 8.01. The Labute approximate surface area is 54.7 Å². The van der Waals surface area contributed by atoms with Crippen molar-refractivity contribution >= 4 is 6.09 Å². The van der Waals surface area contributed by atoms with E-state index in [1.54, 1.807) is 6.92 Å². The van der Waals surface area contributed by atoms with Gasteiger partial charge in [0.15, 0.2) is 0 Å². The third-order valence-electron chi connectivity index (χ3n) is 0.654. The summed E-state index contributed by atoms with van der Waals surface area (Å²) in [5.41, 5.74) is 0.832. The molecule has 3 heteroatoms. The highest BCUT2D eigenvalue weighted by molar-refractivity contribution is 5.66. The van der Waals surface area contributed by atoms with Crippen molar-refractivity contribution < 1.29 is 9.53 Å². The van der Waals surface area contributed by atoms with Crippen molar-refractivity contribution in [3.8, 4) is 0 Å². The Morgan fingerprint density at radius 2 is 2.33 bits per heavy atom. The summed E-state index contributed by atoms with van der Waals surface area (Å²) in [6.07, 6.45) is -0.419. The van der Waals surface area contributed by atoms with E-state index in [2.05, 4.69) is 16.6 Å². The minimum Gasteiger partial charge on any atom is -0.445 e. The van der Waals surface area contributed by atoms with Gasteiger partial charge in [-0.3, -0.25) is 0 Å². The van der Waals surface area contributed by atoms with Gasteiger partial charge in [0.1, 0.15) is 6.61 Å². The van der Waals surface area contributed by atoms with Gasteiger partial charge < -0.3 is 10.1 Å². The molecule has 0 aliphatic rings. The van der Waals surface area contributed by atoms with Crippen LogP contribution in [0.15, 0.2) is 12.2 Å². The minimum atomic E-state index is -0.419. The number of carbonyl (C=O) groups is 1. The van der Waals surface area contributed by atoms with Crippen molar-refractivity contribution in [3.63, 3.8) is 0 Å². The van der Waals surface area contributed by atoms with Crippen LogP contribution < -0.4 is 5.32 Å². The molecule has 3 nitrogen and oxygen atoms in total. The molecule has 0 aromatic heterocycles. The van der Waals surface area contributed by atoms with E-state index in [0.29, 0.717) is 6.61 Å². The average molecular weight is 129 g/mol. The van der Waals surface area contributed by atoms with E-state index in [9.17, 15) is 4.79 Å². The van der Waals surface area contributed by atoms with Gasteiger partial charge in [-0.2, -0.15) is 0 Å². The molecule has 0 fully saturated rings. The van der Waals surface area contributed by atoms with Crippen LogP contribution in [0.1, 0.15) is 6.92 Å². The Morgan fingerprint density at radius 3 is 2.67 bits per heavy atom. The molecule has 0 atom stereocenters. The first-order valence-electron chi connectivity index (χ1n) is 2.65. The number of carbonyl (C=O) groups excluding carboxylic acids is 1. The third-order valence-corrected chi connectivity index (χ3v) is 0.654. The van der Waals surface area contributed by atoms with Crippen molar-refractivity contribution in [3.05, 3.63) is 12.2 Å². The van der Waals surface area contributed by atoms with Gasteiger partial charge in [0.2, 0.25) is 0 Å². The highest BCUT2D eigenvalue weighted by Crippen LogP contribution is 1.87. The molecule has 9 heavy (non-hydrogen) atoms. The normalized spacial score (nSPS) is 8.22. The van der Waals surface area contributed by atoms with E-state index in [1.165, 1.54) is 7.05 Å². The van der Waals surface area contributed by atoms with Gasteiger partial charge in [-0.1, -0.05) is 6.58 Å². The molecule has 0 radical (unpaired) electrons. The summed E-state index contributed by atoms with van der Waals surface area (Å²) in [6.45, 7) is 5.64. The maximum absolute atomic E-state index is 10.3. The van der Waals surface area contributed by atoms with Crippen LogP contribution in [-0.2, 0) is 4.74 Å². The van der Waals surface area contributed by atoms with Crippen molar-refractivity contribution in [2.24, 2.45) is 0 Å². The zero-order valence-electron chi connectivity index (χ0n) is 5.73. The van der Waals surface area contributed by atoms with Crippen LogP contribution in [0.5, 0.6) is 0 Å². The molecule has 0 aliphatic heterocycles. The first-order chi connectivity index (χ1) is 4.16. The van der Waals surface area contributed by atoms with Gasteiger partial charge >= 0.3 is 6.09 Å². The fourth-order valence-electron chi connectivity index (χ4n) is 0.261. The van der Waals surface area contributed by atoms with Gasteiger partial charge in [-0.15, -0.1) is 0 Å². The fraction of sp³-hybridized carbons (Fsp3) is 0.500. The van der Waals surface area contributed by atoms with Crippen molar-refractivity contribution in [2.75, 3.05) is 13.7 Å². The van der Waals surface area contributed by atoms with Gasteiger partial charge in [0.25, 0.3) is 0 Å². The van der Waals surface area contributed by atoms with Crippen LogP contribution in [0.3, 0.4) is 0 Å². The maximum Gasteiger partial charge on any atom is 0.407 e. The molecule has 0 aliphatic carbocycles. The molecule has 0 unspecified atom stereocenters. The lowest BCUT2D eigenvalue weighted by atomic mass is 10.4. The first-order valence-corrected chi connectivity index (χ1v) is 2.65. The monoisotopic (exact) mass is 129 g/mol. The Balaban J connectivity index is 3.28. The maximum atomic E-state index is 10.3. The topological polar surface area (TPSA) is 38.3 Å². The highest BCUT2D eigenvalue weighted by atomic mass is 16.5. The number of hydrogen-bond donors (Lipinski definition) is 1. The molecule has 0 rings (SSSR count). The molecule has 0 aromatic rings. The SMILES string of the molecule is C=C(C)COC(=O)NC. The van der Waals surface area contributed by atoms with Crippen LogP contribution >= 0.6 is 0 Å². The van der Waals surface area contributed by atoms with Crippen molar-refractivity contribution in [2.45, 2.75) is 6.92 Å². The van der Waals surface area contributed by atoms with Crippen LogP contribution in [0.25, 0.3) is 0 Å². The quantitative estimate of drug-likeness (QED) is 0.563. The van der Waals surface area contributed by atoms with Gasteiger partial charge in [-0.25, -0.2) is 4.79 Å². The molecule has 0 heterocycles. The molecule has 0 saturated carbocycles. The second-order valence-corrected chi connectivity index (χ2v) is 1.78. The molecule has 1 amide bonds. The summed E-state index contributed by atoms with van der Waals surface area (Å²) in [4.78, 5) is 10.3. The van der Waals surface area contributed by atoms with Crippen LogP contribution in [0.4, 0.5) is 4.79 Å². The second kappa shape index (κ2) is 3.95. The van der Waals surface area contributed by atoms with Gasteiger partial charge in [0.05, 0.1) is 0 Å². The molecule has 0 spiro atoms. The number of hydrogen-bond acceptors (Lipinski definition) is 2. The molecule has 52 valence electrons. The Bertz CT molecular complexity index is 120. The second-order valence-electron chi connectivity index (χ2n) is 1.78. The molecular formula is C6H11NO2. The van der Waals surface area contributed by atoms with Crippen LogP contribution in [0, 0.1) is 0 Å². The molecule has 0 aromatic carbocycles. The highest BCUT2D eigenvalue weighted by Gasteiger charge is 1.94. The van der Waals surface area contributed by atoms with E-state index < -0.39 is 6.09 Å². The molecule has 0 bridgehead atoms. The summed E-state index contributed by atoms with van der Waals surface area (Å²) in [6, 6.07) is 0. The minimum absolute atomic E-state index is 0.291. The van der Waals surface area contributed by atoms with Crippen LogP contribution in [-0.4, -0.2) is 19.7 Å². The van der Waals surface area contributed by atoms with E-state index in [-0.39, 0.29) is 0 Å². The van der Waals surface area contributed by atoms with Gasteiger partial charge in [0, 0.05) is 7.05 Å². The largest absolute Gasteiger partial charge is 0.445 e. The Kier molecular flexibility index (Phi) is 3.51. The van der Waals surface area contributed by atoms with Crippen molar-refractivity contribution in [1.29, 1.82) is 0 Å².